The lowest BCUT2D eigenvalue weighted by Gasteiger charge is -2.13. The molecule has 5 heteroatoms. The number of carboxylic acids is 1. The molecule has 0 saturated carbocycles. The summed E-state index contributed by atoms with van der Waals surface area (Å²) in [5.74, 6) is -0.940. The summed E-state index contributed by atoms with van der Waals surface area (Å²) in [5.41, 5.74) is 1.67. The van der Waals surface area contributed by atoms with Crippen LogP contribution in [0.2, 0.25) is 0 Å². The predicted molar refractivity (Wildman–Crippen MR) is 77.3 cm³/mol. The van der Waals surface area contributed by atoms with E-state index in [0.29, 0.717) is 18.4 Å². The van der Waals surface area contributed by atoms with Crippen molar-refractivity contribution in [1.29, 1.82) is 0 Å². The summed E-state index contributed by atoms with van der Waals surface area (Å²) >= 11 is 3.39. The molecule has 0 spiro atoms. The van der Waals surface area contributed by atoms with Crippen molar-refractivity contribution in [1.82, 2.24) is 5.32 Å². The number of carbonyl (C=O) groups excluding carboxylic acids is 1. The van der Waals surface area contributed by atoms with Crippen molar-refractivity contribution in [2.75, 3.05) is 0 Å². The maximum absolute atomic E-state index is 12.0. The number of amides is 1. The molecule has 0 aliphatic carbocycles. The van der Waals surface area contributed by atoms with Gasteiger partial charge in [-0.1, -0.05) is 22.0 Å². The van der Waals surface area contributed by atoms with Gasteiger partial charge in [0.1, 0.15) is 0 Å². The zero-order valence-electron chi connectivity index (χ0n) is 11.1. The number of carboxylic acid groups (broad SMARTS) is 1. The van der Waals surface area contributed by atoms with Crippen LogP contribution in [0.25, 0.3) is 0 Å². The number of aliphatic carboxylic acids is 1. The van der Waals surface area contributed by atoms with Crippen LogP contribution in [0.4, 0.5) is 0 Å². The predicted octanol–water partition coefficient (Wildman–Crippen LogP) is 3.13. The fraction of sp³-hybridized carbons (Fsp3) is 0.429. The topological polar surface area (TPSA) is 66.4 Å². The standard InChI is InChI=1S/C14H18BrNO3/c1-9-6-7-11(8-12(9)15)14(19)16-10(2)4-3-5-13(17)18/h6-8,10H,3-5H2,1-2H3,(H,16,19)(H,17,18). The van der Waals surface area contributed by atoms with Gasteiger partial charge in [-0.2, -0.15) is 0 Å². The van der Waals surface area contributed by atoms with E-state index in [0.717, 1.165) is 10.0 Å². The number of hydrogen-bond acceptors (Lipinski definition) is 2. The van der Waals surface area contributed by atoms with Crippen molar-refractivity contribution in [3.63, 3.8) is 0 Å². The van der Waals surface area contributed by atoms with Crippen LogP contribution in [-0.2, 0) is 4.79 Å². The van der Waals surface area contributed by atoms with Gasteiger partial charge < -0.3 is 10.4 Å². The number of nitrogens with one attached hydrogen (secondary N) is 1. The molecule has 0 fully saturated rings. The summed E-state index contributed by atoms with van der Waals surface area (Å²) in [6, 6.07) is 5.41. The van der Waals surface area contributed by atoms with Crippen LogP contribution in [0.1, 0.15) is 42.1 Å². The Morgan fingerprint density at radius 3 is 2.68 bits per heavy atom. The highest BCUT2D eigenvalue weighted by Gasteiger charge is 2.11. The average Bonchev–Trinajstić information content (AvgIpc) is 2.32. The van der Waals surface area contributed by atoms with Gasteiger partial charge in [-0.25, -0.2) is 0 Å². The van der Waals surface area contributed by atoms with Gasteiger partial charge in [0.2, 0.25) is 0 Å². The molecule has 0 saturated heterocycles. The zero-order valence-corrected chi connectivity index (χ0v) is 12.7. The molecular formula is C14H18BrNO3. The van der Waals surface area contributed by atoms with Crippen molar-refractivity contribution in [3.8, 4) is 0 Å². The number of aryl methyl sites for hydroxylation is 1. The molecule has 1 aromatic rings. The molecule has 0 heterocycles. The van der Waals surface area contributed by atoms with E-state index < -0.39 is 5.97 Å². The maximum Gasteiger partial charge on any atom is 0.303 e. The highest BCUT2D eigenvalue weighted by atomic mass is 79.9. The molecule has 0 radical (unpaired) electrons. The van der Waals surface area contributed by atoms with E-state index in [4.69, 9.17) is 5.11 Å². The number of hydrogen-bond donors (Lipinski definition) is 2. The van der Waals surface area contributed by atoms with E-state index in [1.54, 1.807) is 12.1 Å². The van der Waals surface area contributed by atoms with Crippen molar-refractivity contribution in [3.05, 3.63) is 33.8 Å². The molecule has 0 bridgehead atoms. The van der Waals surface area contributed by atoms with Crippen molar-refractivity contribution in [2.45, 2.75) is 39.2 Å². The van der Waals surface area contributed by atoms with E-state index in [1.165, 1.54) is 0 Å². The van der Waals surface area contributed by atoms with Gasteiger partial charge in [0.25, 0.3) is 5.91 Å². The molecule has 1 amide bonds. The summed E-state index contributed by atoms with van der Waals surface area (Å²) in [6.45, 7) is 3.84. The van der Waals surface area contributed by atoms with Crippen LogP contribution in [0.5, 0.6) is 0 Å². The summed E-state index contributed by atoms with van der Waals surface area (Å²) in [5, 5.41) is 11.4. The van der Waals surface area contributed by atoms with Crippen LogP contribution in [0, 0.1) is 6.92 Å². The number of benzene rings is 1. The van der Waals surface area contributed by atoms with Crippen molar-refractivity contribution < 1.29 is 14.7 Å². The minimum absolute atomic E-state index is 0.0353. The molecule has 1 atom stereocenters. The monoisotopic (exact) mass is 327 g/mol. The van der Waals surface area contributed by atoms with Crippen molar-refractivity contribution in [2.24, 2.45) is 0 Å². The molecule has 2 N–H and O–H groups in total. The second kappa shape index (κ2) is 7.28. The van der Waals surface area contributed by atoms with Crippen LogP contribution >= 0.6 is 15.9 Å². The third kappa shape index (κ3) is 5.42. The van der Waals surface area contributed by atoms with Crippen molar-refractivity contribution >= 4 is 27.8 Å². The minimum Gasteiger partial charge on any atom is -0.481 e. The number of carbonyl (C=O) groups is 2. The third-order valence-corrected chi connectivity index (χ3v) is 3.69. The highest BCUT2D eigenvalue weighted by Crippen LogP contribution is 2.17. The summed E-state index contributed by atoms with van der Waals surface area (Å²) in [7, 11) is 0. The molecule has 0 aliphatic rings. The molecule has 19 heavy (non-hydrogen) atoms. The Balaban J connectivity index is 2.49. The molecule has 1 aromatic carbocycles. The maximum atomic E-state index is 12.0. The third-order valence-electron chi connectivity index (χ3n) is 2.84. The van der Waals surface area contributed by atoms with Gasteiger partial charge in [-0.05, 0) is 44.4 Å². The van der Waals surface area contributed by atoms with E-state index >= 15 is 0 Å². The van der Waals surface area contributed by atoms with Gasteiger partial charge in [-0.3, -0.25) is 9.59 Å². The summed E-state index contributed by atoms with van der Waals surface area (Å²) in [4.78, 5) is 22.4. The van der Waals surface area contributed by atoms with Crippen LogP contribution in [0.15, 0.2) is 22.7 Å². The first-order valence-corrected chi connectivity index (χ1v) is 6.98. The molecule has 1 rings (SSSR count). The van der Waals surface area contributed by atoms with E-state index in [9.17, 15) is 9.59 Å². The number of rotatable bonds is 6. The molecule has 4 nitrogen and oxygen atoms in total. The quantitative estimate of drug-likeness (QED) is 0.843. The average molecular weight is 328 g/mol. The SMILES string of the molecule is Cc1ccc(C(=O)NC(C)CCCC(=O)O)cc1Br. The zero-order chi connectivity index (χ0) is 14.4. The highest BCUT2D eigenvalue weighted by molar-refractivity contribution is 9.10. The van der Waals surface area contributed by atoms with Gasteiger partial charge in [0.05, 0.1) is 0 Å². The summed E-state index contributed by atoms with van der Waals surface area (Å²) in [6.07, 6.45) is 1.36. The lowest BCUT2D eigenvalue weighted by Crippen LogP contribution is -2.32. The van der Waals surface area contributed by atoms with Gasteiger partial charge in [0.15, 0.2) is 0 Å². The first-order chi connectivity index (χ1) is 8.90. The van der Waals surface area contributed by atoms with E-state index in [-0.39, 0.29) is 18.4 Å². The normalized spacial score (nSPS) is 11.9. The molecule has 0 aliphatic heterocycles. The Kier molecular flexibility index (Phi) is 6.02. The smallest absolute Gasteiger partial charge is 0.303 e. The summed E-state index contributed by atoms with van der Waals surface area (Å²) < 4.78 is 0.902. The van der Waals surface area contributed by atoms with E-state index in [1.807, 2.05) is 19.9 Å². The Labute approximate surface area is 121 Å². The lowest BCUT2D eigenvalue weighted by molar-refractivity contribution is -0.137. The fourth-order valence-corrected chi connectivity index (χ4v) is 2.05. The number of halogens is 1. The van der Waals surface area contributed by atoms with Gasteiger partial charge >= 0.3 is 5.97 Å². The lowest BCUT2D eigenvalue weighted by atomic mass is 10.1. The Morgan fingerprint density at radius 2 is 2.11 bits per heavy atom. The fourth-order valence-electron chi connectivity index (χ4n) is 1.67. The molecular weight excluding hydrogens is 310 g/mol. The van der Waals surface area contributed by atoms with Crippen LogP contribution < -0.4 is 5.32 Å². The Hall–Kier alpha value is -1.36. The first-order valence-electron chi connectivity index (χ1n) is 6.19. The molecule has 1 unspecified atom stereocenters. The minimum atomic E-state index is -0.805. The van der Waals surface area contributed by atoms with E-state index in [2.05, 4.69) is 21.2 Å². The second-order valence-corrected chi connectivity index (χ2v) is 5.48. The van der Waals surface area contributed by atoms with Crippen LogP contribution in [0.3, 0.4) is 0 Å². The van der Waals surface area contributed by atoms with Gasteiger partial charge in [0, 0.05) is 22.5 Å². The van der Waals surface area contributed by atoms with Gasteiger partial charge in [-0.15, -0.1) is 0 Å². The largest absolute Gasteiger partial charge is 0.481 e. The molecule has 104 valence electrons. The molecule has 0 aromatic heterocycles. The first kappa shape index (κ1) is 15.7. The second-order valence-electron chi connectivity index (χ2n) is 4.62. The van der Waals surface area contributed by atoms with Crippen LogP contribution in [-0.4, -0.2) is 23.0 Å². The Morgan fingerprint density at radius 1 is 1.42 bits per heavy atom. The Bertz CT molecular complexity index is 474.